The van der Waals surface area contributed by atoms with Crippen LogP contribution in [0.2, 0.25) is 0 Å². The molecule has 17 rings (SSSR count). The van der Waals surface area contributed by atoms with E-state index in [2.05, 4.69) is 243 Å². The smallest absolute Gasteiger partial charge is 0.174 e. The molecule has 0 aliphatic heterocycles. The van der Waals surface area contributed by atoms with Crippen LogP contribution in [0, 0.1) is 0 Å². The number of fused-ring (bicyclic) bond motifs is 10. The van der Waals surface area contributed by atoms with Gasteiger partial charge in [0.25, 0.3) is 0 Å². The Hall–Kier alpha value is -9.68. The van der Waals surface area contributed by atoms with Crippen LogP contribution >= 0.6 is 45.3 Å². The Morgan fingerprint density at radius 2 is 0.671 bits per heavy atom. The minimum Gasteiger partial charge on any atom is -0.208 e. The summed E-state index contributed by atoms with van der Waals surface area (Å²) in [5.41, 5.74) is 8.48. The van der Waals surface area contributed by atoms with E-state index in [1.807, 2.05) is 11.3 Å². The molecule has 0 aliphatic carbocycles. The molecule has 0 amide bonds. The molecular weight excluding hydrogens is 1080 g/mol. The van der Waals surface area contributed by atoms with Crippen molar-refractivity contribution in [1.82, 2.24) is 29.9 Å². The summed E-state index contributed by atoms with van der Waals surface area (Å²) < 4.78 is 7.24. The van der Waals surface area contributed by atoms with Gasteiger partial charge >= 0.3 is 0 Å². The van der Waals surface area contributed by atoms with Crippen molar-refractivity contribution in [3.05, 3.63) is 243 Å². The summed E-state index contributed by atoms with van der Waals surface area (Å²) >= 11 is 7.03. The SMILES string of the molecule is c1ccc(-c2ccc3cc(-c4nc(-c5ccc6c(c5)sc5c(-c7ccc(-c8nc(-c9ccc%10c(c9)sc9ccccc9%10)nc(-c9cc%10ccccc%10s9)n8)c8ccccc78)cccc56)nc(-c5cc6ccccc6s5)n4)ccc3c2)cc1. The van der Waals surface area contributed by atoms with Gasteiger partial charge in [-0.3, -0.25) is 0 Å². The van der Waals surface area contributed by atoms with Crippen LogP contribution in [-0.2, 0) is 0 Å². The zero-order valence-corrected chi connectivity index (χ0v) is 46.7. The zero-order chi connectivity index (χ0) is 53.8. The molecule has 0 saturated heterocycles. The molecule has 0 aliphatic rings. The van der Waals surface area contributed by atoms with Crippen LogP contribution in [0.5, 0.6) is 0 Å². The van der Waals surface area contributed by atoms with Gasteiger partial charge in [0, 0.05) is 77.6 Å². The lowest BCUT2D eigenvalue weighted by molar-refractivity contribution is 1.08. The van der Waals surface area contributed by atoms with E-state index in [0.29, 0.717) is 34.9 Å². The fraction of sp³-hybridized carbons (Fsp3) is 0. The van der Waals surface area contributed by atoms with E-state index >= 15 is 0 Å². The van der Waals surface area contributed by atoms with Crippen LogP contribution in [0.3, 0.4) is 0 Å². The average Bonchev–Trinajstić information content (AvgIpc) is 4.39. The van der Waals surface area contributed by atoms with Crippen molar-refractivity contribution < 1.29 is 0 Å². The number of thiophene rings is 4. The van der Waals surface area contributed by atoms with Gasteiger partial charge in [-0.2, -0.15) is 0 Å². The average molecular weight is 1120 g/mol. The van der Waals surface area contributed by atoms with Crippen LogP contribution in [0.4, 0.5) is 0 Å². The molecule has 10 heteroatoms. The van der Waals surface area contributed by atoms with E-state index in [1.165, 1.54) is 72.5 Å². The van der Waals surface area contributed by atoms with Crippen LogP contribution in [0.1, 0.15) is 0 Å². The van der Waals surface area contributed by atoms with Gasteiger partial charge in [0.1, 0.15) is 0 Å². The molecule has 0 radical (unpaired) electrons. The minimum absolute atomic E-state index is 0.635. The number of aromatic nitrogens is 6. The second kappa shape index (κ2) is 19.0. The van der Waals surface area contributed by atoms with Gasteiger partial charge in [0.05, 0.1) is 9.75 Å². The topological polar surface area (TPSA) is 77.3 Å². The largest absolute Gasteiger partial charge is 0.208 e. The molecule has 6 heterocycles. The first-order valence-electron chi connectivity index (χ1n) is 27.0. The van der Waals surface area contributed by atoms with Gasteiger partial charge in [-0.05, 0) is 110 Å². The Bertz CT molecular complexity index is 5380. The molecular formula is C72H40N6S4. The first kappa shape index (κ1) is 47.2. The predicted octanol–water partition coefficient (Wildman–Crippen LogP) is 20.9. The highest BCUT2D eigenvalue weighted by Gasteiger charge is 2.21. The molecule has 0 N–H and O–H groups in total. The maximum atomic E-state index is 5.33. The maximum absolute atomic E-state index is 5.33. The van der Waals surface area contributed by atoms with Gasteiger partial charge in [-0.25, -0.2) is 29.9 Å². The highest BCUT2D eigenvalue weighted by molar-refractivity contribution is 7.26. The summed E-state index contributed by atoms with van der Waals surface area (Å²) in [5, 5.41) is 11.7. The van der Waals surface area contributed by atoms with Crippen LogP contribution < -0.4 is 0 Å². The summed E-state index contributed by atoms with van der Waals surface area (Å²) in [6.45, 7) is 0. The van der Waals surface area contributed by atoms with Gasteiger partial charge in [0.2, 0.25) is 0 Å². The first-order chi connectivity index (χ1) is 40.5. The van der Waals surface area contributed by atoms with E-state index < -0.39 is 0 Å². The number of nitrogens with zero attached hydrogens (tertiary/aromatic N) is 6. The summed E-state index contributed by atoms with van der Waals surface area (Å²) in [6, 6.07) is 86.7. The van der Waals surface area contributed by atoms with Crippen molar-refractivity contribution in [3.8, 4) is 89.2 Å². The van der Waals surface area contributed by atoms with E-state index in [-0.39, 0.29) is 0 Å². The molecule has 0 saturated carbocycles. The molecule has 0 spiro atoms. The first-order valence-corrected chi connectivity index (χ1v) is 30.3. The fourth-order valence-corrected chi connectivity index (χ4v) is 16.0. The Balaban J connectivity index is 0.777. The summed E-state index contributed by atoms with van der Waals surface area (Å²) in [6.07, 6.45) is 0. The number of rotatable bonds is 8. The molecule has 82 heavy (non-hydrogen) atoms. The minimum atomic E-state index is 0.635. The van der Waals surface area contributed by atoms with Gasteiger partial charge in [-0.15, -0.1) is 45.3 Å². The van der Waals surface area contributed by atoms with E-state index in [0.717, 1.165) is 63.8 Å². The summed E-state index contributed by atoms with van der Waals surface area (Å²) in [7, 11) is 0. The molecule has 0 fully saturated rings. The maximum Gasteiger partial charge on any atom is 0.174 e. The fourth-order valence-electron chi connectivity index (χ4n) is 11.6. The van der Waals surface area contributed by atoms with Crippen LogP contribution in [0.15, 0.2) is 243 Å². The Labute approximate surface area is 485 Å². The summed E-state index contributed by atoms with van der Waals surface area (Å²) in [4.78, 5) is 33.6. The third-order valence-corrected chi connectivity index (χ3v) is 20.2. The van der Waals surface area contributed by atoms with E-state index in [9.17, 15) is 0 Å². The Morgan fingerprint density at radius 1 is 0.207 bits per heavy atom. The zero-order valence-electron chi connectivity index (χ0n) is 43.4. The predicted molar refractivity (Wildman–Crippen MR) is 348 cm³/mol. The quantitative estimate of drug-likeness (QED) is 0.151. The number of hydrogen-bond acceptors (Lipinski definition) is 10. The monoisotopic (exact) mass is 1120 g/mol. The Kier molecular flexibility index (Phi) is 10.9. The third-order valence-electron chi connectivity index (χ3n) is 15.6. The van der Waals surface area contributed by atoms with Crippen LogP contribution in [0.25, 0.3) is 171 Å². The second-order valence-corrected chi connectivity index (χ2v) is 24.9. The summed E-state index contributed by atoms with van der Waals surface area (Å²) in [5.74, 6) is 3.88. The molecule has 6 nitrogen and oxygen atoms in total. The van der Waals surface area contributed by atoms with Crippen molar-refractivity contribution in [3.63, 3.8) is 0 Å². The highest BCUT2D eigenvalue weighted by atomic mass is 32.1. The van der Waals surface area contributed by atoms with Crippen molar-refractivity contribution in [2.45, 2.75) is 0 Å². The van der Waals surface area contributed by atoms with E-state index in [4.69, 9.17) is 29.9 Å². The standard InChI is InChI=1S/C72H40N6S4/c1-2-13-41(14-3-1)42-25-26-44-36-47(28-27-43(44)35-42)67-73-68(76-71(75-67)64-37-45-15-4-9-22-59(45)79-64)49-30-32-55-57-21-12-20-56(66(57)82-63(55)40-49)52-33-34-58(51-18-7-6-17-50(51)52)70-74-69(77-72(78-70)65-38-46-16-5-10-23-60(46)80-65)48-29-31-54-53-19-8-11-24-61(53)81-62(54)39-48/h1-40H. The van der Waals surface area contributed by atoms with Crippen molar-refractivity contribution in [2.75, 3.05) is 0 Å². The lowest BCUT2D eigenvalue weighted by Gasteiger charge is -2.13. The van der Waals surface area contributed by atoms with Gasteiger partial charge in [-0.1, -0.05) is 182 Å². The van der Waals surface area contributed by atoms with Crippen molar-refractivity contribution >= 4 is 127 Å². The lowest BCUT2D eigenvalue weighted by atomic mass is 9.94. The normalized spacial score (nSPS) is 11.9. The number of hydrogen-bond donors (Lipinski definition) is 0. The molecule has 11 aromatic carbocycles. The van der Waals surface area contributed by atoms with Crippen molar-refractivity contribution in [1.29, 1.82) is 0 Å². The van der Waals surface area contributed by atoms with Gasteiger partial charge in [0.15, 0.2) is 34.9 Å². The number of benzene rings is 11. The molecule has 6 aromatic heterocycles. The van der Waals surface area contributed by atoms with Gasteiger partial charge < -0.3 is 0 Å². The molecule has 0 unspecified atom stereocenters. The molecule has 382 valence electrons. The Morgan fingerprint density at radius 3 is 1.34 bits per heavy atom. The molecule has 0 atom stereocenters. The van der Waals surface area contributed by atoms with E-state index in [1.54, 1.807) is 34.0 Å². The third kappa shape index (κ3) is 8.02. The highest BCUT2D eigenvalue weighted by Crippen LogP contribution is 2.46. The van der Waals surface area contributed by atoms with Crippen LogP contribution in [-0.4, -0.2) is 29.9 Å². The van der Waals surface area contributed by atoms with Crippen molar-refractivity contribution in [2.24, 2.45) is 0 Å². The molecule has 0 bridgehead atoms. The second-order valence-electron chi connectivity index (χ2n) is 20.6. The lowest BCUT2D eigenvalue weighted by Crippen LogP contribution is -2.00. The molecule has 17 aromatic rings.